The standard InChI is InChI=1S/C29H26ClFN4O3S/c1-2-32-29(36)38-23-13-20(33-16-23)6-7-22-15-27-24(10-11-39-27)28(35-22)34-21-8-9-26(25(30)14-21)37-17-18-4-3-5-19(31)12-18/h3-5,8-12,14-15,20,23,33H,2,13,16-17H2,1H3,(H,32,36)(H,34,35)/t20-,23+/m0/s1. The first-order chi connectivity index (χ1) is 19.0. The zero-order valence-corrected chi connectivity index (χ0v) is 22.7. The smallest absolute Gasteiger partial charge is 0.407 e. The van der Waals surface area contributed by atoms with Gasteiger partial charge in [0.2, 0.25) is 0 Å². The zero-order valence-electron chi connectivity index (χ0n) is 21.1. The number of alkyl carbamates (subject to hydrolysis) is 1. The van der Waals surface area contributed by atoms with E-state index in [1.54, 1.807) is 35.6 Å². The van der Waals surface area contributed by atoms with Crippen molar-refractivity contribution in [1.82, 2.24) is 15.6 Å². The molecule has 1 aliphatic heterocycles. The fourth-order valence-corrected chi connectivity index (χ4v) is 5.20. The molecule has 3 heterocycles. The Morgan fingerprint density at radius 1 is 1.26 bits per heavy atom. The lowest BCUT2D eigenvalue weighted by Crippen LogP contribution is -2.29. The minimum atomic E-state index is -0.412. The molecule has 3 N–H and O–H groups in total. The van der Waals surface area contributed by atoms with Gasteiger partial charge in [0.05, 0.1) is 11.1 Å². The van der Waals surface area contributed by atoms with Crippen molar-refractivity contribution in [2.75, 3.05) is 18.4 Å². The van der Waals surface area contributed by atoms with Crippen LogP contribution in [-0.2, 0) is 11.3 Å². The quantitative estimate of drug-likeness (QED) is 0.230. The first-order valence-corrected chi connectivity index (χ1v) is 13.7. The molecule has 39 heavy (non-hydrogen) atoms. The van der Waals surface area contributed by atoms with E-state index < -0.39 is 6.09 Å². The highest BCUT2D eigenvalue weighted by molar-refractivity contribution is 7.17. The number of carbonyl (C=O) groups is 1. The zero-order chi connectivity index (χ0) is 27.2. The molecule has 0 unspecified atom stereocenters. The van der Waals surface area contributed by atoms with E-state index in [0.29, 0.717) is 47.4 Å². The summed E-state index contributed by atoms with van der Waals surface area (Å²) in [5.41, 5.74) is 2.09. The Morgan fingerprint density at radius 3 is 2.97 bits per heavy atom. The molecule has 0 aliphatic carbocycles. The van der Waals surface area contributed by atoms with Crippen molar-refractivity contribution in [2.24, 2.45) is 0 Å². The molecule has 1 amide bonds. The van der Waals surface area contributed by atoms with Gasteiger partial charge in [0.15, 0.2) is 0 Å². The Kier molecular flexibility index (Phi) is 8.47. The predicted octanol–water partition coefficient (Wildman–Crippen LogP) is 6.24. The number of pyridine rings is 1. The molecule has 0 saturated carbocycles. The predicted molar refractivity (Wildman–Crippen MR) is 152 cm³/mol. The van der Waals surface area contributed by atoms with Gasteiger partial charge in [0.1, 0.15) is 35.8 Å². The molecule has 2 atom stereocenters. The van der Waals surface area contributed by atoms with Crippen molar-refractivity contribution < 1.29 is 18.7 Å². The van der Waals surface area contributed by atoms with Gasteiger partial charge in [-0.05, 0) is 66.3 Å². The second-order valence-electron chi connectivity index (χ2n) is 8.90. The van der Waals surface area contributed by atoms with Gasteiger partial charge in [-0.1, -0.05) is 29.7 Å². The molecule has 0 radical (unpaired) electrons. The summed E-state index contributed by atoms with van der Waals surface area (Å²) in [6.45, 7) is 3.13. The normalized spacial score (nSPS) is 16.4. The van der Waals surface area contributed by atoms with E-state index in [1.165, 1.54) is 12.1 Å². The van der Waals surface area contributed by atoms with Crippen molar-refractivity contribution in [3.63, 3.8) is 0 Å². The molecule has 7 nitrogen and oxygen atoms in total. The summed E-state index contributed by atoms with van der Waals surface area (Å²) < 4.78 is 25.7. The lowest BCUT2D eigenvalue weighted by atomic mass is 10.2. The van der Waals surface area contributed by atoms with Crippen LogP contribution in [0.3, 0.4) is 0 Å². The molecule has 1 fully saturated rings. The van der Waals surface area contributed by atoms with Crippen LogP contribution < -0.4 is 20.7 Å². The number of nitrogens with one attached hydrogen (secondary N) is 3. The number of anilines is 2. The van der Waals surface area contributed by atoms with Gasteiger partial charge in [-0.3, -0.25) is 5.32 Å². The van der Waals surface area contributed by atoms with Crippen LogP contribution >= 0.6 is 22.9 Å². The molecule has 5 rings (SSSR count). The number of ether oxygens (including phenoxy) is 2. The van der Waals surface area contributed by atoms with Crippen LogP contribution in [0.2, 0.25) is 5.02 Å². The summed E-state index contributed by atoms with van der Waals surface area (Å²) in [5, 5.41) is 12.7. The molecule has 0 bridgehead atoms. The van der Waals surface area contributed by atoms with Crippen molar-refractivity contribution in [2.45, 2.75) is 32.1 Å². The van der Waals surface area contributed by atoms with Crippen molar-refractivity contribution >= 4 is 50.6 Å². The SMILES string of the molecule is CCNC(=O)O[C@H]1CN[C@@H](C#Cc2cc3sccc3c(Nc3ccc(OCc4cccc(F)c4)c(Cl)c3)n2)C1. The summed E-state index contributed by atoms with van der Waals surface area (Å²) in [7, 11) is 0. The van der Waals surface area contributed by atoms with E-state index in [4.69, 9.17) is 26.1 Å². The van der Waals surface area contributed by atoms with E-state index >= 15 is 0 Å². The molecular formula is C29H26ClFN4O3S. The Balaban J connectivity index is 1.27. The minimum Gasteiger partial charge on any atom is -0.487 e. The van der Waals surface area contributed by atoms with Gasteiger partial charge in [0.25, 0.3) is 0 Å². The molecule has 1 saturated heterocycles. The number of benzene rings is 2. The number of hydrogen-bond donors (Lipinski definition) is 3. The fraction of sp³-hybridized carbons (Fsp3) is 0.241. The van der Waals surface area contributed by atoms with Crippen LogP contribution in [0.4, 0.5) is 20.7 Å². The molecule has 10 heteroatoms. The monoisotopic (exact) mass is 564 g/mol. The van der Waals surface area contributed by atoms with E-state index in [2.05, 4.69) is 27.8 Å². The van der Waals surface area contributed by atoms with Crippen molar-refractivity contribution in [3.05, 3.63) is 82.1 Å². The summed E-state index contributed by atoms with van der Waals surface area (Å²) in [6, 6.07) is 15.5. The highest BCUT2D eigenvalue weighted by Gasteiger charge is 2.25. The maximum Gasteiger partial charge on any atom is 0.407 e. The first kappa shape index (κ1) is 26.8. The molecule has 200 valence electrons. The molecular weight excluding hydrogens is 539 g/mol. The number of nitrogens with zero attached hydrogens (tertiary/aromatic N) is 1. The first-order valence-electron chi connectivity index (χ1n) is 12.5. The summed E-state index contributed by atoms with van der Waals surface area (Å²) in [4.78, 5) is 16.4. The maximum atomic E-state index is 13.4. The van der Waals surface area contributed by atoms with E-state index in [9.17, 15) is 9.18 Å². The number of thiophene rings is 1. The number of aromatic nitrogens is 1. The van der Waals surface area contributed by atoms with Crippen molar-refractivity contribution in [1.29, 1.82) is 0 Å². The molecule has 1 aliphatic rings. The third-order valence-electron chi connectivity index (χ3n) is 5.99. The number of fused-ring (bicyclic) bond motifs is 1. The second-order valence-corrected chi connectivity index (χ2v) is 10.3. The molecule has 2 aromatic carbocycles. The molecule has 4 aromatic rings. The van der Waals surface area contributed by atoms with Crippen LogP contribution in [0.5, 0.6) is 5.75 Å². The van der Waals surface area contributed by atoms with Crippen LogP contribution in [0.1, 0.15) is 24.6 Å². The summed E-state index contributed by atoms with van der Waals surface area (Å²) in [6.07, 6.45) is -0.0149. The van der Waals surface area contributed by atoms with Crippen LogP contribution in [0.15, 0.2) is 60.0 Å². The third-order valence-corrected chi connectivity index (χ3v) is 7.15. The highest BCUT2D eigenvalue weighted by Crippen LogP contribution is 2.33. The molecule has 0 spiro atoms. The number of carbonyl (C=O) groups excluding carboxylic acids is 1. The lowest BCUT2D eigenvalue weighted by molar-refractivity contribution is 0.107. The summed E-state index contributed by atoms with van der Waals surface area (Å²) >= 11 is 8.09. The average Bonchev–Trinajstić information content (AvgIpc) is 3.57. The number of rotatable bonds is 7. The van der Waals surface area contributed by atoms with Gasteiger partial charge in [-0.25, -0.2) is 14.2 Å². The van der Waals surface area contributed by atoms with Crippen LogP contribution in [0, 0.1) is 17.7 Å². The van der Waals surface area contributed by atoms with Crippen LogP contribution in [0.25, 0.3) is 10.1 Å². The van der Waals surface area contributed by atoms with Gasteiger partial charge in [-0.2, -0.15) is 0 Å². The summed E-state index contributed by atoms with van der Waals surface area (Å²) in [5.74, 6) is 7.23. The molecule has 2 aromatic heterocycles. The number of amides is 1. The topological polar surface area (TPSA) is 84.5 Å². The lowest BCUT2D eigenvalue weighted by Gasteiger charge is -2.12. The highest BCUT2D eigenvalue weighted by atomic mass is 35.5. The Labute approximate surface area is 234 Å². The Hall–Kier alpha value is -3.84. The Bertz CT molecular complexity index is 1550. The fourth-order valence-electron chi connectivity index (χ4n) is 4.15. The maximum absolute atomic E-state index is 13.4. The van der Waals surface area contributed by atoms with E-state index in [0.717, 1.165) is 15.8 Å². The van der Waals surface area contributed by atoms with Gasteiger partial charge in [-0.15, -0.1) is 11.3 Å². The number of halogens is 2. The minimum absolute atomic E-state index is 0.0969. The second kappa shape index (κ2) is 12.3. The van der Waals surface area contributed by atoms with Gasteiger partial charge >= 0.3 is 6.09 Å². The average molecular weight is 565 g/mol. The van der Waals surface area contributed by atoms with Gasteiger partial charge < -0.3 is 20.1 Å². The third kappa shape index (κ3) is 6.98. The van der Waals surface area contributed by atoms with Gasteiger partial charge in [0, 0.05) is 35.3 Å². The van der Waals surface area contributed by atoms with Crippen LogP contribution in [-0.4, -0.2) is 36.3 Å². The Morgan fingerprint density at radius 2 is 2.15 bits per heavy atom. The largest absolute Gasteiger partial charge is 0.487 e. The van der Waals surface area contributed by atoms with E-state index in [-0.39, 0.29) is 24.6 Å². The van der Waals surface area contributed by atoms with E-state index in [1.807, 2.05) is 30.5 Å². The number of hydrogen-bond acceptors (Lipinski definition) is 7. The van der Waals surface area contributed by atoms with Crippen molar-refractivity contribution in [3.8, 4) is 17.6 Å².